The molecule has 0 spiro atoms. The Morgan fingerprint density at radius 3 is 3.06 bits per heavy atom. The fourth-order valence-electron chi connectivity index (χ4n) is 2.82. The monoisotopic (exact) mass is 306 g/mol. The molecule has 3 heteroatoms. The lowest BCUT2D eigenvalue weighted by Crippen LogP contribution is -2.41. The topological polar surface area (TPSA) is 35.8 Å². The largest absolute Gasteiger partial charge is 0.367 e. The summed E-state index contributed by atoms with van der Waals surface area (Å²) in [5.41, 5.74) is 0.655. The van der Waals surface area contributed by atoms with Gasteiger partial charge in [-0.2, -0.15) is 5.26 Å². The number of rotatable bonds is 3. The van der Waals surface area contributed by atoms with Gasteiger partial charge in [0.2, 0.25) is 0 Å². The van der Waals surface area contributed by atoms with E-state index in [9.17, 15) is 5.26 Å². The van der Waals surface area contributed by atoms with Gasteiger partial charge in [0.15, 0.2) is 0 Å². The fourth-order valence-corrected chi connectivity index (χ4v) is 3.22. The zero-order chi connectivity index (χ0) is 13.0. The zero-order valence-corrected chi connectivity index (χ0v) is 12.3. The number of benzene rings is 1. The molecule has 0 saturated heterocycles. The molecule has 1 aliphatic carbocycles. The molecule has 96 valence electrons. The van der Waals surface area contributed by atoms with E-state index in [1.54, 1.807) is 0 Å². The number of hydrogen-bond donors (Lipinski definition) is 1. The first-order valence-corrected chi connectivity index (χ1v) is 7.42. The van der Waals surface area contributed by atoms with E-state index in [0.29, 0.717) is 5.92 Å². The van der Waals surface area contributed by atoms with E-state index in [4.69, 9.17) is 0 Å². The van der Waals surface area contributed by atoms with E-state index in [1.807, 2.05) is 24.3 Å². The molecule has 0 aliphatic heterocycles. The molecule has 1 aromatic rings. The van der Waals surface area contributed by atoms with Crippen molar-refractivity contribution in [1.29, 1.82) is 5.26 Å². The van der Waals surface area contributed by atoms with Crippen LogP contribution in [0.4, 0.5) is 5.69 Å². The molecular weight excluding hydrogens is 288 g/mol. The van der Waals surface area contributed by atoms with E-state index < -0.39 is 0 Å². The second-order valence-electron chi connectivity index (χ2n) is 5.20. The summed E-state index contributed by atoms with van der Waals surface area (Å²) in [6.45, 7) is 2.22. The third kappa shape index (κ3) is 3.05. The first-order valence-electron chi connectivity index (χ1n) is 6.62. The highest BCUT2D eigenvalue weighted by Crippen LogP contribution is 2.36. The molecule has 2 unspecified atom stereocenters. The average molecular weight is 307 g/mol. The van der Waals surface area contributed by atoms with Gasteiger partial charge >= 0.3 is 0 Å². The summed E-state index contributed by atoms with van der Waals surface area (Å²) < 4.78 is 1.04. The Kier molecular flexibility index (Phi) is 4.29. The van der Waals surface area contributed by atoms with Gasteiger partial charge in [-0.1, -0.05) is 41.8 Å². The van der Waals surface area contributed by atoms with Gasteiger partial charge in [-0.25, -0.2) is 0 Å². The number of nitrogens with zero attached hydrogens (tertiary/aromatic N) is 1. The molecular formula is C15H19BrN2. The summed E-state index contributed by atoms with van der Waals surface area (Å²) in [7, 11) is 0. The standard InChI is InChI=1S/C15H19BrN2/c1-2-12-5-4-8-15(10-12,11-17)18-14-7-3-6-13(16)9-14/h3,6-7,9,12,18H,2,4-5,8,10H2,1H3. The Bertz CT molecular complexity index is 452. The Hall–Kier alpha value is -1.01. The molecule has 1 aliphatic rings. The van der Waals surface area contributed by atoms with Crippen LogP contribution in [-0.4, -0.2) is 5.54 Å². The van der Waals surface area contributed by atoms with Crippen molar-refractivity contribution in [1.82, 2.24) is 0 Å². The van der Waals surface area contributed by atoms with Crippen LogP contribution in [0, 0.1) is 17.2 Å². The summed E-state index contributed by atoms with van der Waals surface area (Å²) in [5, 5.41) is 13.0. The number of nitriles is 1. The van der Waals surface area contributed by atoms with Crippen LogP contribution in [0.5, 0.6) is 0 Å². The lowest BCUT2D eigenvalue weighted by molar-refractivity contribution is 0.283. The molecule has 1 N–H and O–H groups in total. The SMILES string of the molecule is CCC1CCCC(C#N)(Nc2cccc(Br)c2)C1. The molecule has 2 rings (SSSR count). The quantitative estimate of drug-likeness (QED) is 0.876. The molecule has 0 aromatic heterocycles. The minimum atomic E-state index is -0.375. The van der Waals surface area contributed by atoms with Crippen molar-refractivity contribution < 1.29 is 0 Å². The molecule has 0 amide bonds. The molecule has 2 nitrogen and oxygen atoms in total. The number of nitrogens with one attached hydrogen (secondary N) is 1. The Labute approximate surface area is 118 Å². The summed E-state index contributed by atoms with van der Waals surface area (Å²) in [6, 6.07) is 10.6. The molecule has 18 heavy (non-hydrogen) atoms. The van der Waals surface area contributed by atoms with E-state index in [-0.39, 0.29) is 5.54 Å². The first-order chi connectivity index (χ1) is 8.67. The molecule has 1 aromatic carbocycles. The molecule has 0 heterocycles. The average Bonchev–Trinajstić information content (AvgIpc) is 2.39. The summed E-state index contributed by atoms with van der Waals surface area (Å²) in [6.07, 6.45) is 5.50. The highest BCUT2D eigenvalue weighted by Gasteiger charge is 2.35. The van der Waals surface area contributed by atoms with Crippen molar-refractivity contribution in [2.45, 2.75) is 44.6 Å². The molecule has 0 radical (unpaired) electrons. The predicted molar refractivity (Wildman–Crippen MR) is 78.4 cm³/mol. The third-order valence-electron chi connectivity index (χ3n) is 3.85. The maximum absolute atomic E-state index is 9.56. The fraction of sp³-hybridized carbons (Fsp3) is 0.533. The second kappa shape index (κ2) is 5.75. The van der Waals surface area contributed by atoms with Crippen LogP contribution < -0.4 is 5.32 Å². The summed E-state index contributed by atoms with van der Waals surface area (Å²) in [5.74, 6) is 0.679. The Balaban J connectivity index is 2.16. The smallest absolute Gasteiger partial charge is 0.125 e. The van der Waals surface area contributed by atoms with Crippen LogP contribution >= 0.6 is 15.9 Å². The highest BCUT2D eigenvalue weighted by molar-refractivity contribution is 9.10. The third-order valence-corrected chi connectivity index (χ3v) is 4.35. The van der Waals surface area contributed by atoms with Gasteiger partial charge in [0, 0.05) is 10.2 Å². The van der Waals surface area contributed by atoms with Crippen molar-refractivity contribution in [3.8, 4) is 6.07 Å². The normalized spacial score (nSPS) is 27.5. The van der Waals surface area contributed by atoms with Gasteiger partial charge < -0.3 is 5.32 Å². The Morgan fingerprint density at radius 2 is 2.39 bits per heavy atom. The predicted octanol–water partition coefficient (Wildman–Crippen LogP) is 4.72. The summed E-state index contributed by atoms with van der Waals surface area (Å²) in [4.78, 5) is 0. The molecule has 1 saturated carbocycles. The van der Waals surface area contributed by atoms with Gasteiger partial charge in [0.1, 0.15) is 5.54 Å². The van der Waals surface area contributed by atoms with Crippen LogP contribution in [0.3, 0.4) is 0 Å². The van der Waals surface area contributed by atoms with Gasteiger partial charge in [0.05, 0.1) is 6.07 Å². The van der Waals surface area contributed by atoms with E-state index in [1.165, 1.54) is 12.8 Å². The lowest BCUT2D eigenvalue weighted by atomic mass is 9.75. The van der Waals surface area contributed by atoms with Crippen LogP contribution in [0.25, 0.3) is 0 Å². The van der Waals surface area contributed by atoms with Crippen LogP contribution in [0.2, 0.25) is 0 Å². The van der Waals surface area contributed by atoms with Gasteiger partial charge in [0.25, 0.3) is 0 Å². The molecule has 2 atom stereocenters. The maximum Gasteiger partial charge on any atom is 0.125 e. The number of anilines is 1. The Morgan fingerprint density at radius 1 is 1.56 bits per heavy atom. The second-order valence-corrected chi connectivity index (χ2v) is 6.12. The van der Waals surface area contributed by atoms with Gasteiger partial charge in [-0.15, -0.1) is 0 Å². The number of halogens is 1. The van der Waals surface area contributed by atoms with E-state index >= 15 is 0 Å². The van der Waals surface area contributed by atoms with Crippen molar-refractivity contribution in [2.75, 3.05) is 5.32 Å². The van der Waals surface area contributed by atoms with Gasteiger partial charge in [-0.05, 0) is 43.4 Å². The van der Waals surface area contributed by atoms with Crippen molar-refractivity contribution in [3.63, 3.8) is 0 Å². The minimum Gasteiger partial charge on any atom is -0.367 e. The summed E-state index contributed by atoms with van der Waals surface area (Å²) >= 11 is 3.47. The van der Waals surface area contributed by atoms with Crippen LogP contribution in [0.1, 0.15) is 39.0 Å². The number of hydrogen-bond acceptors (Lipinski definition) is 2. The van der Waals surface area contributed by atoms with Gasteiger partial charge in [-0.3, -0.25) is 0 Å². The first kappa shape index (κ1) is 13.4. The molecule has 0 bridgehead atoms. The van der Waals surface area contributed by atoms with Crippen LogP contribution in [0.15, 0.2) is 28.7 Å². The highest BCUT2D eigenvalue weighted by atomic mass is 79.9. The van der Waals surface area contributed by atoms with Crippen molar-refractivity contribution >= 4 is 21.6 Å². The van der Waals surface area contributed by atoms with Crippen molar-refractivity contribution in [2.24, 2.45) is 5.92 Å². The van der Waals surface area contributed by atoms with Crippen LogP contribution in [-0.2, 0) is 0 Å². The zero-order valence-electron chi connectivity index (χ0n) is 10.7. The minimum absolute atomic E-state index is 0.375. The maximum atomic E-state index is 9.56. The molecule has 1 fully saturated rings. The van der Waals surface area contributed by atoms with Crippen molar-refractivity contribution in [3.05, 3.63) is 28.7 Å². The lowest BCUT2D eigenvalue weighted by Gasteiger charge is -2.36. The van der Waals surface area contributed by atoms with E-state index in [2.05, 4.69) is 34.2 Å². The van der Waals surface area contributed by atoms with E-state index in [0.717, 1.165) is 29.4 Å².